The van der Waals surface area contributed by atoms with E-state index in [4.69, 9.17) is 9.15 Å². The molecule has 0 spiro atoms. The Labute approximate surface area is 194 Å². The second-order valence-electron chi connectivity index (χ2n) is 6.64. The summed E-state index contributed by atoms with van der Waals surface area (Å²) < 4.78 is 10.3. The van der Waals surface area contributed by atoms with Gasteiger partial charge < -0.3 is 29.6 Å². The Bertz CT molecular complexity index is 787. The minimum absolute atomic E-state index is 0. The molecular formula is C21H30IN5O3. The normalized spacial score (nSPS) is 14.1. The molecule has 30 heavy (non-hydrogen) atoms. The van der Waals surface area contributed by atoms with Crippen molar-refractivity contribution in [3.05, 3.63) is 48.4 Å². The van der Waals surface area contributed by atoms with E-state index in [2.05, 4.69) is 44.5 Å². The van der Waals surface area contributed by atoms with E-state index < -0.39 is 0 Å². The van der Waals surface area contributed by atoms with Crippen LogP contribution in [-0.4, -0.2) is 69.7 Å². The van der Waals surface area contributed by atoms with Gasteiger partial charge in [-0.1, -0.05) is 0 Å². The average Bonchev–Trinajstić information content (AvgIpc) is 3.31. The third-order valence-corrected chi connectivity index (χ3v) is 4.76. The van der Waals surface area contributed by atoms with Crippen molar-refractivity contribution in [1.82, 2.24) is 15.5 Å². The van der Waals surface area contributed by atoms with Crippen LogP contribution in [0.15, 0.2) is 52.1 Å². The van der Waals surface area contributed by atoms with Crippen molar-refractivity contribution in [3.63, 3.8) is 0 Å². The fraction of sp³-hybridized carbons (Fsp3) is 0.429. The monoisotopic (exact) mass is 527 g/mol. The van der Waals surface area contributed by atoms with Crippen molar-refractivity contribution in [3.8, 4) is 5.75 Å². The van der Waals surface area contributed by atoms with E-state index >= 15 is 0 Å². The lowest BCUT2D eigenvalue weighted by molar-refractivity contribution is 0.0927. The average molecular weight is 527 g/mol. The van der Waals surface area contributed by atoms with Gasteiger partial charge >= 0.3 is 0 Å². The number of benzene rings is 1. The molecule has 2 N–H and O–H groups in total. The highest BCUT2D eigenvalue weighted by Crippen LogP contribution is 2.20. The Morgan fingerprint density at radius 2 is 1.87 bits per heavy atom. The molecule has 0 atom stereocenters. The lowest BCUT2D eigenvalue weighted by Crippen LogP contribution is -2.52. The molecule has 0 aliphatic carbocycles. The molecule has 0 saturated carbocycles. The fourth-order valence-electron chi connectivity index (χ4n) is 3.22. The third-order valence-electron chi connectivity index (χ3n) is 4.76. The number of halogens is 1. The van der Waals surface area contributed by atoms with Crippen LogP contribution < -0.4 is 20.3 Å². The number of ether oxygens (including phenoxy) is 1. The molecule has 2 heterocycles. The minimum atomic E-state index is -0.219. The zero-order valence-electron chi connectivity index (χ0n) is 17.5. The first-order valence-electron chi connectivity index (χ1n) is 9.95. The maximum absolute atomic E-state index is 11.9. The molecule has 0 bridgehead atoms. The summed E-state index contributed by atoms with van der Waals surface area (Å²) in [5.41, 5.74) is 1.20. The van der Waals surface area contributed by atoms with Crippen molar-refractivity contribution in [2.75, 3.05) is 57.8 Å². The number of carbonyl (C=O) groups is 1. The van der Waals surface area contributed by atoms with E-state index in [1.165, 1.54) is 12.0 Å². The van der Waals surface area contributed by atoms with Gasteiger partial charge in [-0.2, -0.15) is 0 Å². The number of anilines is 1. The zero-order valence-corrected chi connectivity index (χ0v) is 19.8. The van der Waals surface area contributed by atoms with Crippen LogP contribution in [0.2, 0.25) is 0 Å². The Morgan fingerprint density at radius 1 is 1.13 bits per heavy atom. The number of methoxy groups -OCH3 is 1. The van der Waals surface area contributed by atoms with Gasteiger partial charge in [0, 0.05) is 45.0 Å². The number of rotatable bonds is 7. The highest BCUT2D eigenvalue weighted by molar-refractivity contribution is 14.0. The van der Waals surface area contributed by atoms with Gasteiger partial charge in [-0.3, -0.25) is 9.79 Å². The van der Waals surface area contributed by atoms with Crippen LogP contribution in [0.4, 0.5) is 5.69 Å². The molecule has 1 saturated heterocycles. The first-order valence-corrected chi connectivity index (χ1v) is 9.95. The smallest absolute Gasteiger partial charge is 0.287 e. The van der Waals surface area contributed by atoms with Gasteiger partial charge in [0.25, 0.3) is 5.91 Å². The number of guanidine groups is 1. The lowest BCUT2D eigenvalue weighted by Gasteiger charge is -2.37. The Balaban J connectivity index is 0.00000320. The van der Waals surface area contributed by atoms with Crippen molar-refractivity contribution < 1.29 is 13.9 Å². The van der Waals surface area contributed by atoms with Crippen molar-refractivity contribution in [2.45, 2.75) is 6.92 Å². The molecule has 164 valence electrons. The topological polar surface area (TPSA) is 82.3 Å². The second-order valence-corrected chi connectivity index (χ2v) is 6.64. The molecule has 1 amide bonds. The molecule has 3 rings (SSSR count). The Kier molecular flexibility index (Phi) is 9.78. The fourth-order valence-corrected chi connectivity index (χ4v) is 3.22. The first-order chi connectivity index (χ1) is 14.2. The van der Waals surface area contributed by atoms with Crippen LogP contribution >= 0.6 is 24.0 Å². The molecule has 1 aliphatic rings. The van der Waals surface area contributed by atoms with Crippen LogP contribution in [0.25, 0.3) is 0 Å². The molecular weight excluding hydrogens is 497 g/mol. The minimum Gasteiger partial charge on any atom is -0.497 e. The number of nitrogens with one attached hydrogen (secondary N) is 2. The van der Waals surface area contributed by atoms with E-state index in [0.717, 1.165) is 44.4 Å². The molecule has 2 aromatic rings. The number of amides is 1. The lowest BCUT2D eigenvalue weighted by atomic mass is 10.2. The van der Waals surface area contributed by atoms with E-state index in [1.807, 2.05) is 12.1 Å². The highest BCUT2D eigenvalue weighted by atomic mass is 127. The van der Waals surface area contributed by atoms with E-state index in [9.17, 15) is 4.79 Å². The van der Waals surface area contributed by atoms with Crippen molar-refractivity contribution in [2.24, 2.45) is 4.99 Å². The van der Waals surface area contributed by atoms with Crippen LogP contribution in [0.3, 0.4) is 0 Å². The van der Waals surface area contributed by atoms with Gasteiger partial charge in [0.05, 0.1) is 19.9 Å². The number of furan rings is 1. The molecule has 1 aromatic heterocycles. The SMILES string of the molecule is CCNC(=NCCNC(=O)c1ccco1)N1CCN(c2ccc(OC)cc2)CC1.I. The van der Waals surface area contributed by atoms with Crippen LogP contribution in [-0.2, 0) is 0 Å². The van der Waals surface area contributed by atoms with E-state index in [1.54, 1.807) is 19.2 Å². The molecule has 0 radical (unpaired) electrons. The number of carbonyl (C=O) groups excluding carboxylic acids is 1. The quantitative estimate of drug-likeness (QED) is 0.249. The third kappa shape index (κ3) is 6.54. The van der Waals surface area contributed by atoms with Gasteiger partial charge in [0.15, 0.2) is 11.7 Å². The van der Waals surface area contributed by atoms with Gasteiger partial charge in [-0.05, 0) is 43.3 Å². The summed E-state index contributed by atoms with van der Waals surface area (Å²) in [4.78, 5) is 21.2. The summed E-state index contributed by atoms with van der Waals surface area (Å²) in [6.07, 6.45) is 1.49. The van der Waals surface area contributed by atoms with Gasteiger partial charge in [-0.25, -0.2) is 0 Å². The van der Waals surface area contributed by atoms with E-state index in [-0.39, 0.29) is 29.9 Å². The zero-order chi connectivity index (χ0) is 20.5. The second kappa shape index (κ2) is 12.3. The summed E-state index contributed by atoms with van der Waals surface area (Å²) in [5.74, 6) is 1.85. The first kappa shape index (κ1) is 23.8. The summed E-state index contributed by atoms with van der Waals surface area (Å²) in [6, 6.07) is 11.5. The van der Waals surface area contributed by atoms with Crippen LogP contribution in [0.1, 0.15) is 17.5 Å². The maximum atomic E-state index is 11.9. The number of piperazine rings is 1. The van der Waals surface area contributed by atoms with E-state index in [0.29, 0.717) is 18.8 Å². The maximum Gasteiger partial charge on any atom is 0.287 e. The molecule has 8 nitrogen and oxygen atoms in total. The predicted octanol–water partition coefficient (Wildman–Crippen LogP) is 2.42. The summed E-state index contributed by atoms with van der Waals surface area (Å²) in [5, 5.41) is 6.17. The van der Waals surface area contributed by atoms with Gasteiger partial charge in [0.1, 0.15) is 5.75 Å². The van der Waals surface area contributed by atoms with Crippen LogP contribution in [0.5, 0.6) is 5.75 Å². The summed E-state index contributed by atoms with van der Waals surface area (Å²) in [6.45, 7) is 7.44. The Hall–Kier alpha value is -2.43. The number of hydrogen-bond acceptors (Lipinski definition) is 5. The number of aliphatic imine (C=N–C) groups is 1. The molecule has 9 heteroatoms. The largest absolute Gasteiger partial charge is 0.497 e. The van der Waals surface area contributed by atoms with Crippen LogP contribution in [0, 0.1) is 0 Å². The van der Waals surface area contributed by atoms with Gasteiger partial charge in [-0.15, -0.1) is 24.0 Å². The molecule has 1 aliphatic heterocycles. The van der Waals surface area contributed by atoms with Gasteiger partial charge in [0.2, 0.25) is 0 Å². The molecule has 0 unspecified atom stereocenters. The number of nitrogens with zero attached hydrogens (tertiary/aromatic N) is 3. The summed E-state index contributed by atoms with van der Waals surface area (Å²) in [7, 11) is 1.68. The van der Waals surface area contributed by atoms with Crippen molar-refractivity contribution >= 4 is 41.5 Å². The Morgan fingerprint density at radius 3 is 2.47 bits per heavy atom. The summed E-state index contributed by atoms with van der Waals surface area (Å²) >= 11 is 0. The highest BCUT2D eigenvalue weighted by Gasteiger charge is 2.19. The van der Waals surface area contributed by atoms with Crippen molar-refractivity contribution in [1.29, 1.82) is 0 Å². The molecule has 1 aromatic carbocycles. The predicted molar refractivity (Wildman–Crippen MR) is 129 cm³/mol. The number of hydrogen-bond donors (Lipinski definition) is 2. The standard InChI is InChI=1S/C21H29N5O3.HI/c1-3-22-21(24-11-10-23-20(27)19-5-4-16-29-19)26-14-12-25(13-15-26)17-6-8-18(28-2)9-7-17;/h4-9,16H,3,10-15H2,1-2H3,(H,22,24)(H,23,27);1H. The molecule has 1 fully saturated rings.